The Morgan fingerprint density at radius 3 is 2.14 bits per heavy atom. The quantitative estimate of drug-likeness (QED) is 0.590. The number of anilines is 1. The summed E-state index contributed by atoms with van der Waals surface area (Å²) in [4.78, 5) is 25.8. The van der Waals surface area contributed by atoms with Gasteiger partial charge in [0.2, 0.25) is 11.8 Å². The first-order valence-corrected chi connectivity index (χ1v) is 6.77. The zero-order chi connectivity index (χ0) is 15.6. The standard InChI is InChI=1S/C15H10F3NO3/c16-15(17,18)7-2-1-3-8(6-7)19-13(20)11-9-4-5-10(22-9)12(11)14(19)21/h1-6,9-12H/t9-,10-,11-,12-/m0/s1. The molecule has 3 heterocycles. The summed E-state index contributed by atoms with van der Waals surface area (Å²) in [5, 5.41) is 0. The van der Waals surface area contributed by atoms with Crippen molar-refractivity contribution in [3.8, 4) is 0 Å². The third kappa shape index (κ3) is 1.68. The smallest absolute Gasteiger partial charge is 0.365 e. The van der Waals surface area contributed by atoms with E-state index in [0.29, 0.717) is 0 Å². The first kappa shape index (κ1) is 13.5. The summed E-state index contributed by atoms with van der Waals surface area (Å²) in [7, 11) is 0. The molecule has 2 fully saturated rings. The van der Waals surface area contributed by atoms with Crippen LogP contribution in [0.4, 0.5) is 18.9 Å². The van der Waals surface area contributed by atoms with Crippen LogP contribution in [-0.2, 0) is 20.5 Å². The maximum Gasteiger partial charge on any atom is 0.416 e. The van der Waals surface area contributed by atoms with Gasteiger partial charge in [0.05, 0.1) is 35.3 Å². The number of rotatable bonds is 1. The van der Waals surface area contributed by atoms with E-state index in [4.69, 9.17) is 4.74 Å². The molecule has 4 nitrogen and oxygen atoms in total. The van der Waals surface area contributed by atoms with Crippen molar-refractivity contribution >= 4 is 17.5 Å². The van der Waals surface area contributed by atoms with Crippen LogP contribution < -0.4 is 4.90 Å². The van der Waals surface area contributed by atoms with Gasteiger partial charge in [0.25, 0.3) is 0 Å². The molecule has 3 aliphatic heterocycles. The number of carbonyl (C=O) groups excluding carboxylic acids is 2. The number of nitrogens with zero attached hydrogens (tertiary/aromatic N) is 1. The molecule has 0 radical (unpaired) electrons. The summed E-state index contributed by atoms with van der Waals surface area (Å²) in [6.07, 6.45) is -1.98. The minimum Gasteiger partial charge on any atom is -0.365 e. The minimum absolute atomic E-state index is 0.0429. The lowest BCUT2D eigenvalue weighted by Crippen LogP contribution is -2.34. The molecule has 0 aromatic heterocycles. The second kappa shape index (κ2) is 4.19. The Bertz CT molecular complexity index is 682. The van der Waals surface area contributed by atoms with Crippen molar-refractivity contribution in [1.82, 2.24) is 0 Å². The van der Waals surface area contributed by atoms with Gasteiger partial charge in [-0.2, -0.15) is 13.2 Å². The monoisotopic (exact) mass is 309 g/mol. The Kier molecular flexibility index (Phi) is 2.57. The first-order chi connectivity index (χ1) is 10.4. The molecule has 114 valence electrons. The van der Waals surface area contributed by atoms with Gasteiger partial charge in [0, 0.05) is 0 Å². The van der Waals surface area contributed by atoms with Crippen LogP contribution in [0.25, 0.3) is 0 Å². The summed E-state index contributed by atoms with van der Waals surface area (Å²) in [6, 6.07) is 4.26. The fraction of sp³-hybridized carbons (Fsp3) is 0.333. The summed E-state index contributed by atoms with van der Waals surface area (Å²) in [6.45, 7) is 0. The van der Waals surface area contributed by atoms with Crippen molar-refractivity contribution in [2.24, 2.45) is 11.8 Å². The molecule has 4 atom stereocenters. The fourth-order valence-electron chi connectivity index (χ4n) is 3.38. The van der Waals surface area contributed by atoms with Crippen LogP contribution in [0.3, 0.4) is 0 Å². The third-order valence-corrected chi connectivity index (χ3v) is 4.34. The molecule has 22 heavy (non-hydrogen) atoms. The Morgan fingerprint density at radius 1 is 1.00 bits per heavy atom. The number of amides is 2. The number of ether oxygens (including phenoxy) is 1. The molecule has 2 amide bonds. The second-order valence-corrected chi connectivity index (χ2v) is 5.56. The van der Waals surface area contributed by atoms with Gasteiger partial charge in [0.15, 0.2) is 0 Å². The normalized spacial score (nSPS) is 33.0. The Hall–Kier alpha value is -2.15. The van der Waals surface area contributed by atoms with Gasteiger partial charge in [-0.05, 0) is 18.2 Å². The highest BCUT2D eigenvalue weighted by Crippen LogP contribution is 2.46. The highest BCUT2D eigenvalue weighted by molar-refractivity contribution is 6.23. The van der Waals surface area contributed by atoms with Gasteiger partial charge in [-0.1, -0.05) is 18.2 Å². The number of alkyl halides is 3. The maximum absolute atomic E-state index is 12.8. The van der Waals surface area contributed by atoms with E-state index in [1.165, 1.54) is 12.1 Å². The Morgan fingerprint density at radius 2 is 1.59 bits per heavy atom. The van der Waals surface area contributed by atoms with Crippen LogP contribution >= 0.6 is 0 Å². The van der Waals surface area contributed by atoms with E-state index in [9.17, 15) is 22.8 Å². The van der Waals surface area contributed by atoms with Crippen LogP contribution in [0.15, 0.2) is 36.4 Å². The zero-order valence-corrected chi connectivity index (χ0v) is 11.1. The minimum atomic E-state index is -4.53. The molecule has 1 aromatic rings. The van der Waals surface area contributed by atoms with E-state index in [1.54, 1.807) is 12.2 Å². The second-order valence-electron chi connectivity index (χ2n) is 5.56. The van der Waals surface area contributed by atoms with E-state index >= 15 is 0 Å². The molecule has 4 rings (SSSR count). The number of imide groups is 1. The van der Waals surface area contributed by atoms with Crippen LogP contribution in [-0.4, -0.2) is 24.0 Å². The number of hydrogen-bond donors (Lipinski definition) is 0. The summed E-state index contributed by atoms with van der Waals surface area (Å²) < 4.78 is 43.9. The van der Waals surface area contributed by atoms with E-state index in [2.05, 4.69) is 0 Å². The molecule has 3 aliphatic rings. The lowest BCUT2D eigenvalue weighted by molar-refractivity contribution is -0.137. The summed E-state index contributed by atoms with van der Waals surface area (Å²) in [5.41, 5.74) is -0.932. The zero-order valence-electron chi connectivity index (χ0n) is 11.1. The number of hydrogen-bond acceptors (Lipinski definition) is 3. The lowest BCUT2D eigenvalue weighted by Gasteiger charge is -2.18. The maximum atomic E-state index is 12.8. The molecule has 0 aliphatic carbocycles. The van der Waals surface area contributed by atoms with E-state index in [-0.39, 0.29) is 5.69 Å². The highest BCUT2D eigenvalue weighted by atomic mass is 19.4. The topological polar surface area (TPSA) is 46.6 Å². The average Bonchev–Trinajstić information content (AvgIpc) is 3.12. The first-order valence-electron chi connectivity index (χ1n) is 6.77. The summed E-state index contributed by atoms with van der Waals surface area (Å²) >= 11 is 0. The molecular formula is C15H10F3NO3. The van der Waals surface area contributed by atoms with Crippen molar-refractivity contribution in [3.05, 3.63) is 42.0 Å². The predicted molar refractivity (Wildman–Crippen MR) is 68.7 cm³/mol. The van der Waals surface area contributed by atoms with Crippen LogP contribution in [0.1, 0.15) is 5.56 Å². The lowest BCUT2D eigenvalue weighted by atomic mass is 9.85. The van der Waals surface area contributed by atoms with Crippen LogP contribution in [0, 0.1) is 11.8 Å². The molecule has 2 saturated heterocycles. The third-order valence-electron chi connectivity index (χ3n) is 4.34. The number of benzene rings is 1. The molecule has 1 aromatic carbocycles. The molecule has 0 spiro atoms. The number of fused-ring (bicyclic) bond motifs is 5. The predicted octanol–water partition coefficient (Wildman–Crippen LogP) is 2.15. The number of carbonyl (C=O) groups is 2. The molecule has 0 unspecified atom stereocenters. The summed E-state index contributed by atoms with van der Waals surface area (Å²) in [5.74, 6) is -2.24. The largest absolute Gasteiger partial charge is 0.416 e. The van der Waals surface area contributed by atoms with Crippen LogP contribution in [0.5, 0.6) is 0 Å². The van der Waals surface area contributed by atoms with Gasteiger partial charge in [0.1, 0.15) is 0 Å². The molecule has 2 bridgehead atoms. The van der Waals surface area contributed by atoms with Crippen molar-refractivity contribution in [2.45, 2.75) is 18.4 Å². The van der Waals surface area contributed by atoms with E-state index in [1.807, 2.05) is 0 Å². The SMILES string of the molecule is O=C1[C@@H]2[C@@H](C(=O)N1c1cccc(C(F)(F)F)c1)[C@@H]1C=C[C@@H]2O1. The molecule has 0 saturated carbocycles. The van der Waals surface area contributed by atoms with Crippen molar-refractivity contribution in [1.29, 1.82) is 0 Å². The molecule has 0 N–H and O–H groups in total. The van der Waals surface area contributed by atoms with E-state index in [0.717, 1.165) is 17.0 Å². The molecular weight excluding hydrogens is 299 g/mol. The van der Waals surface area contributed by atoms with Crippen molar-refractivity contribution in [3.63, 3.8) is 0 Å². The van der Waals surface area contributed by atoms with Gasteiger partial charge < -0.3 is 4.74 Å². The van der Waals surface area contributed by atoms with Gasteiger partial charge in [-0.3, -0.25) is 9.59 Å². The van der Waals surface area contributed by atoms with Gasteiger partial charge in [-0.15, -0.1) is 0 Å². The average molecular weight is 309 g/mol. The Labute approximate surface area is 123 Å². The fourth-order valence-corrected chi connectivity index (χ4v) is 3.38. The molecule has 7 heteroatoms. The number of halogens is 3. The van der Waals surface area contributed by atoms with Gasteiger partial charge >= 0.3 is 6.18 Å². The van der Waals surface area contributed by atoms with E-state index < -0.39 is 47.6 Å². The highest BCUT2D eigenvalue weighted by Gasteiger charge is 2.61. The van der Waals surface area contributed by atoms with Crippen molar-refractivity contribution in [2.75, 3.05) is 4.90 Å². The van der Waals surface area contributed by atoms with Crippen LogP contribution in [0.2, 0.25) is 0 Å². The Balaban J connectivity index is 1.73. The van der Waals surface area contributed by atoms with Crippen molar-refractivity contribution < 1.29 is 27.5 Å². The van der Waals surface area contributed by atoms with Gasteiger partial charge in [-0.25, -0.2) is 4.90 Å².